The van der Waals surface area contributed by atoms with Gasteiger partial charge in [-0.25, -0.2) is 13.4 Å². The summed E-state index contributed by atoms with van der Waals surface area (Å²) >= 11 is 6.03. The lowest BCUT2D eigenvalue weighted by Gasteiger charge is -2.35. The molecule has 0 N–H and O–H groups in total. The van der Waals surface area contributed by atoms with Gasteiger partial charge in [0.05, 0.1) is 20.3 Å². The standard InChI is InChI=1S/C19H24ClN5O4S/c1-28-16-3-2-15(20)14-17(16)30(26,27)25-8-6-23(7-9-25)18-4-5-21-19(22-18)24-10-12-29-13-11-24/h2-5,14H,6-13H2,1H3. The number of aromatic nitrogens is 2. The molecule has 2 saturated heterocycles. The highest BCUT2D eigenvalue weighted by Gasteiger charge is 2.31. The zero-order valence-electron chi connectivity index (χ0n) is 16.7. The van der Waals surface area contributed by atoms with Gasteiger partial charge in [0.1, 0.15) is 16.5 Å². The molecule has 2 aliphatic rings. The minimum Gasteiger partial charge on any atom is -0.495 e. The topological polar surface area (TPSA) is 88.1 Å². The fourth-order valence-electron chi connectivity index (χ4n) is 3.58. The van der Waals surface area contributed by atoms with Gasteiger partial charge in [-0.2, -0.15) is 9.29 Å². The van der Waals surface area contributed by atoms with Crippen LogP contribution in [0.15, 0.2) is 35.4 Å². The smallest absolute Gasteiger partial charge is 0.246 e. The van der Waals surface area contributed by atoms with Gasteiger partial charge < -0.3 is 19.3 Å². The van der Waals surface area contributed by atoms with Crippen molar-refractivity contribution in [1.82, 2.24) is 14.3 Å². The molecule has 11 heteroatoms. The van der Waals surface area contributed by atoms with E-state index in [1.807, 2.05) is 6.07 Å². The Hall–Kier alpha value is -2.14. The third kappa shape index (κ3) is 4.31. The Morgan fingerprint density at radius 3 is 2.47 bits per heavy atom. The molecule has 9 nitrogen and oxygen atoms in total. The first-order chi connectivity index (χ1) is 14.5. The van der Waals surface area contributed by atoms with Gasteiger partial charge in [0.15, 0.2) is 0 Å². The van der Waals surface area contributed by atoms with Crippen LogP contribution in [0, 0.1) is 0 Å². The van der Waals surface area contributed by atoms with Crippen LogP contribution in [-0.2, 0) is 14.8 Å². The van der Waals surface area contributed by atoms with Crippen molar-refractivity contribution in [3.63, 3.8) is 0 Å². The number of hydrogen-bond donors (Lipinski definition) is 0. The number of hydrogen-bond acceptors (Lipinski definition) is 8. The van der Waals surface area contributed by atoms with E-state index in [9.17, 15) is 8.42 Å². The lowest BCUT2D eigenvalue weighted by molar-refractivity contribution is 0.122. The summed E-state index contributed by atoms with van der Waals surface area (Å²) in [6.07, 6.45) is 1.74. The molecule has 1 aromatic carbocycles. The maximum atomic E-state index is 13.1. The van der Waals surface area contributed by atoms with Gasteiger partial charge in [0.25, 0.3) is 0 Å². The van der Waals surface area contributed by atoms with E-state index >= 15 is 0 Å². The fourth-order valence-corrected chi connectivity index (χ4v) is 5.42. The summed E-state index contributed by atoms with van der Waals surface area (Å²) in [5.74, 6) is 1.76. The van der Waals surface area contributed by atoms with E-state index in [4.69, 9.17) is 21.1 Å². The minimum absolute atomic E-state index is 0.0857. The van der Waals surface area contributed by atoms with Crippen LogP contribution in [0.4, 0.5) is 11.8 Å². The number of morpholine rings is 1. The van der Waals surface area contributed by atoms with Gasteiger partial charge in [-0.3, -0.25) is 0 Å². The van der Waals surface area contributed by atoms with Crippen LogP contribution >= 0.6 is 11.6 Å². The van der Waals surface area contributed by atoms with E-state index in [1.165, 1.54) is 17.5 Å². The van der Waals surface area contributed by atoms with Gasteiger partial charge in [-0.05, 0) is 24.3 Å². The van der Waals surface area contributed by atoms with Crippen LogP contribution in [0.3, 0.4) is 0 Å². The van der Waals surface area contributed by atoms with Crippen LogP contribution in [0.2, 0.25) is 5.02 Å². The SMILES string of the molecule is COc1ccc(Cl)cc1S(=O)(=O)N1CCN(c2ccnc(N3CCOCC3)n2)CC1. The highest BCUT2D eigenvalue weighted by atomic mass is 35.5. The van der Waals surface area contributed by atoms with Crippen molar-refractivity contribution in [3.8, 4) is 5.75 Å². The van der Waals surface area contributed by atoms with E-state index < -0.39 is 10.0 Å². The quantitative estimate of drug-likeness (QED) is 0.672. The summed E-state index contributed by atoms with van der Waals surface area (Å²) in [5.41, 5.74) is 0. The highest BCUT2D eigenvalue weighted by Crippen LogP contribution is 2.30. The van der Waals surface area contributed by atoms with Gasteiger partial charge in [-0.15, -0.1) is 0 Å². The second-order valence-corrected chi connectivity index (χ2v) is 9.34. The second-order valence-electron chi connectivity index (χ2n) is 7.00. The van der Waals surface area contributed by atoms with Gasteiger partial charge in [-0.1, -0.05) is 11.6 Å². The summed E-state index contributed by atoms with van der Waals surface area (Å²) < 4.78 is 38.4. The lowest BCUT2D eigenvalue weighted by Crippen LogP contribution is -2.49. The molecule has 0 aliphatic carbocycles. The third-order valence-corrected chi connectivity index (χ3v) is 7.38. The summed E-state index contributed by atoms with van der Waals surface area (Å²) in [7, 11) is -2.27. The number of nitrogens with zero attached hydrogens (tertiary/aromatic N) is 5. The molecule has 2 aliphatic heterocycles. The van der Waals surface area contributed by atoms with Crippen LogP contribution in [-0.4, -0.2) is 82.3 Å². The zero-order chi connectivity index (χ0) is 21.1. The molecule has 2 aromatic rings. The summed E-state index contributed by atoms with van der Waals surface area (Å²) in [5, 5.41) is 0.352. The molecule has 4 rings (SSSR count). The highest BCUT2D eigenvalue weighted by molar-refractivity contribution is 7.89. The molecule has 0 bridgehead atoms. The average Bonchev–Trinajstić information content (AvgIpc) is 2.80. The molecular formula is C19H24ClN5O4S. The maximum absolute atomic E-state index is 13.1. The molecule has 0 atom stereocenters. The Morgan fingerprint density at radius 1 is 1.03 bits per heavy atom. The van der Waals surface area contributed by atoms with E-state index in [1.54, 1.807) is 18.3 Å². The first kappa shape index (κ1) is 21.1. The Morgan fingerprint density at radius 2 is 1.77 bits per heavy atom. The predicted octanol–water partition coefficient (Wildman–Crippen LogP) is 1.49. The number of rotatable bonds is 5. The van der Waals surface area contributed by atoms with Crippen molar-refractivity contribution in [3.05, 3.63) is 35.5 Å². The average molecular weight is 454 g/mol. The first-order valence-electron chi connectivity index (χ1n) is 9.73. The molecule has 2 fully saturated rings. The third-order valence-electron chi connectivity index (χ3n) is 5.23. The van der Waals surface area contributed by atoms with Crippen molar-refractivity contribution in [2.75, 3.05) is 69.4 Å². The Balaban J connectivity index is 1.47. The number of methoxy groups -OCH3 is 1. The normalized spacial score (nSPS) is 18.5. The number of ether oxygens (including phenoxy) is 2. The molecule has 162 valence electrons. The Bertz CT molecular complexity index is 992. The van der Waals surface area contributed by atoms with Crippen molar-refractivity contribution >= 4 is 33.4 Å². The minimum atomic E-state index is -3.72. The van der Waals surface area contributed by atoms with Crippen LogP contribution in [0.1, 0.15) is 0 Å². The number of anilines is 2. The van der Waals surface area contributed by atoms with Crippen LogP contribution < -0.4 is 14.5 Å². The van der Waals surface area contributed by atoms with Gasteiger partial charge >= 0.3 is 0 Å². The van der Waals surface area contributed by atoms with E-state index in [2.05, 4.69) is 19.8 Å². The lowest BCUT2D eigenvalue weighted by atomic mass is 10.3. The molecular weight excluding hydrogens is 430 g/mol. The van der Waals surface area contributed by atoms with Crippen LogP contribution in [0.5, 0.6) is 5.75 Å². The Kier molecular flexibility index (Phi) is 6.28. The predicted molar refractivity (Wildman–Crippen MR) is 114 cm³/mol. The zero-order valence-corrected chi connectivity index (χ0v) is 18.3. The number of benzene rings is 1. The monoisotopic (exact) mass is 453 g/mol. The largest absolute Gasteiger partial charge is 0.495 e. The molecule has 30 heavy (non-hydrogen) atoms. The number of piperazine rings is 1. The van der Waals surface area contributed by atoms with Gasteiger partial charge in [0, 0.05) is 50.5 Å². The Labute approximate surface area is 181 Å². The molecule has 0 radical (unpaired) electrons. The summed E-state index contributed by atoms with van der Waals surface area (Å²) in [6.45, 7) is 4.59. The van der Waals surface area contributed by atoms with Crippen molar-refractivity contribution in [2.45, 2.75) is 4.90 Å². The summed E-state index contributed by atoms with van der Waals surface area (Å²) in [4.78, 5) is 13.3. The molecule has 0 amide bonds. The van der Waals surface area contributed by atoms with E-state index in [0.717, 1.165) is 18.9 Å². The second kappa shape index (κ2) is 8.93. The molecule has 0 saturated carbocycles. The van der Waals surface area contributed by atoms with Crippen molar-refractivity contribution in [1.29, 1.82) is 0 Å². The number of halogens is 1. The van der Waals surface area contributed by atoms with Crippen molar-refractivity contribution in [2.24, 2.45) is 0 Å². The van der Waals surface area contributed by atoms with E-state index in [-0.39, 0.29) is 10.6 Å². The maximum Gasteiger partial charge on any atom is 0.246 e. The fraction of sp³-hybridized carbons (Fsp3) is 0.474. The first-order valence-corrected chi connectivity index (χ1v) is 11.6. The van der Waals surface area contributed by atoms with E-state index in [0.29, 0.717) is 50.4 Å². The van der Waals surface area contributed by atoms with Crippen LogP contribution in [0.25, 0.3) is 0 Å². The van der Waals surface area contributed by atoms with Gasteiger partial charge in [0.2, 0.25) is 16.0 Å². The molecule has 1 aromatic heterocycles. The van der Waals surface area contributed by atoms with Crippen molar-refractivity contribution < 1.29 is 17.9 Å². The molecule has 0 spiro atoms. The molecule has 0 unspecified atom stereocenters. The summed E-state index contributed by atoms with van der Waals surface area (Å²) in [6, 6.07) is 6.47. The molecule has 3 heterocycles. The number of sulfonamides is 1.